The SMILES string of the molecule is CNC(=O)[C@@H]1CCCN(Cc2ccc(OC)cc2OC(C)C)C1. The van der Waals surface area contributed by atoms with Crippen LogP contribution in [0.3, 0.4) is 0 Å². The molecule has 1 aliphatic heterocycles. The van der Waals surface area contributed by atoms with Gasteiger partial charge in [-0.3, -0.25) is 9.69 Å². The zero-order valence-corrected chi connectivity index (χ0v) is 14.6. The molecule has 1 N–H and O–H groups in total. The molecule has 1 saturated heterocycles. The van der Waals surface area contributed by atoms with Crippen molar-refractivity contribution >= 4 is 5.91 Å². The van der Waals surface area contributed by atoms with Crippen LogP contribution in [-0.4, -0.2) is 44.2 Å². The van der Waals surface area contributed by atoms with E-state index in [1.807, 2.05) is 26.0 Å². The Hall–Kier alpha value is -1.75. The van der Waals surface area contributed by atoms with Crippen molar-refractivity contribution in [3.05, 3.63) is 23.8 Å². The van der Waals surface area contributed by atoms with E-state index in [4.69, 9.17) is 9.47 Å². The lowest BCUT2D eigenvalue weighted by molar-refractivity contribution is -0.126. The van der Waals surface area contributed by atoms with Crippen LogP contribution in [0.4, 0.5) is 0 Å². The Kier molecular flexibility index (Phi) is 6.28. The molecule has 0 spiro atoms. The number of benzene rings is 1. The van der Waals surface area contributed by atoms with Gasteiger partial charge in [-0.1, -0.05) is 6.07 Å². The van der Waals surface area contributed by atoms with E-state index in [0.717, 1.165) is 49.5 Å². The van der Waals surface area contributed by atoms with Gasteiger partial charge < -0.3 is 14.8 Å². The van der Waals surface area contributed by atoms with E-state index >= 15 is 0 Å². The standard InChI is InChI=1S/C18H28N2O3/c1-13(2)23-17-10-16(22-4)8-7-14(17)11-20-9-5-6-15(12-20)18(21)19-3/h7-8,10,13,15H,5-6,9,11-12H2,1-4H3,(H,19,21)/t15-/m1/s1. The molecule has 1 fully saturated rings. The van der Waals surface area contributed by atoms with E-state index in [1.54, 1.807) is 14.2 Å². The van der Waals surface area contributed by atoms with Crippen LogP contribution in [0.1, 0.15) is 32.3 Å². The lowest BCUT2D eigenvalue weighted by atomic mass is 9.96. The summed E-state index contributed by atoms with van der Waals surface area (Å²) < 4.78 is 11.2. The zero-order valence-electron chi connectivity index (χ0n) is 14.6. The van der Waals surface area contributed by atoms with Crippen LogP contribution in [0.15, 0.2) is 18.2 Å². The van der Waals surface area contributed by atoms with E-state index in [9.17, 15) is 4.79 Å². The molecule has 2 rings (SSSR count). The van der Waals surface area contributed by atoms with E-state index in [-0.39, 0.29) is 17.9 Å². The molecule has 0 aromatic heterocycles. The molecule has 23 heavy (non-hydrogen) atoms. The molecule has 0 bridgehead atoms. The van der Waals surface area contributed by atoms with Gasteiger partial charge in [0.15, 0.2) is 0 Å². The summed E-state index contributed by atoms with van der Waals surface area (Å²) in [5.74, 6) is 1.89. The molecule has 0 aliphatic carbocycles. The summed E-state index contributed by atoms with van der Waals surface area (Å²) in [6.45, 7) is 6.64. The molecule has 1 heterocycles. The largest absolute Gasteiger partial charge is 0.497 e. The summed E-state index contributed by atoms with van der Waals surface area (Å²) in [6, 6.07) is 5.96. The number of nitrogens with zero attached hydrogens (tertiary/aromatic N) is 1. The van der Waals surface area contributed by atoms with E-state index in [2.05, 4.69) is 16.3 Å². The summed E-state index contributed by atoms with van der Waals surface area (Å²) in [4.78, 5) is 14.2. The number of hydrogen-bond acceptors (Lipinski definition) is 4. The number of rotatable bonds is 6. The average molecular weight is 320 g/mol. The van der Waals surface area contributed by atoms with E-state index < -0.39 is 0 Å². The van der Waals surface area contributed by atoms with Gasteiger partial charge in [0.05, 0.1) is 19.1 Å². The fraction of sp³-hybridized carbons (Fsp3) is 0.611. The second-order valence-corrected chi connectivity index (χ2v) is 6.33. The van der Waals surface area contributed by atoms with Crippen molar-refractivity contribution in [2.24, 2.45) is 5.92 Å². The number of hydrogen-bond donors (Lipinski definition) is 1. The monoisotopic (exact) mass is 320 g/mol. The molecular formula is C18H28N2O3. The predicted octanol–water partition coefficient (Wildman–Crippen LogP) is 2.44. The highest BCUT2D eigenvalue weighted by atomic mass is 16.5. The Morgan fingerprint density at radius 2 is 2.22 bits per heavy atom. The van der Waals surface area contributed by atoms with Crippen molar-refractivity contribution in [3.8, 4) is 11.5 Å². The third-order valence-corrected chi connectivity index (χ3v) is 4.15. The van der Waals surface area contributed by atoms with Gasteiger partial charge in [-0.2, -0.15) is 0 Å². The van der Waals surface area contributed by atoms with Gasteiger partial charge in [-0.05, 0) is 39.3 Å². The minimum atomic E-state index is 0.0847. The molecule has 0 radical (unpaired) electrons. The quantitative estimate of drug-likeness (QED) is 0.875. The highest BCUT2D eigenvalue weighted by Crippen LogP contribution is 2.28. The third kappa shape index (κ3) is 4.86. The molecule has 128 valence electrons. The number of carbonyl (C=O) groups is 1. The smallest absolute Gasteiger partial charge is 0.224 e. The Balaban J connectivity index is 2.10. The second-order valence-electron chi connectivity index (χ2n) is 6.33. The van der Waals surface area contributed by atoms with Crippen LogP contribution in [0, 0.1) is 5.92 Å². The maximum Gasteiger partial charge on any atom is 0.224 e. The molecule has 1 aliphatic rings. The minimum absolute atomic E-state index is 0.0847. The summed E-state index contributed by atoms with van der Waals surface area (Å²) in [5, 5.41) is 2.76. The Morgan fingerprint density at radius 1 is 1.43 bits per heavy atom. The Bertz CT molecular complexity index is 531. The summed E-state index contributed by atoms with van der Waals surface area (Å²) in [6.07, 6.45) is 2.13. The van der Waals surface area contributed by atoms with Crippen molar-refractivity contribution in [1.29, 1.82) is 0 Å². The Morgan fingerprint density at radius 3 is 2.87 bits per heavy atom. The lowest BCUT2D eigenvalue weighted by Crippen LogP contribution is -2.41. The first-order valence-corrected chi connectivity index (χ1v) is 8.31. The fourth-order valence-corrected chi connectivity index (χ4v) is 3.01. The molecule has 5 nitrogen and oxygen atoms in total. The molecule has 1 aromatic rings. The Labute approximate surface area is 139 Å². The van der Waals surface area contributed by atoms with Crippen molar-refractivity contribution in [2.75, 3.05) is 27.2 Å². The first-order chi connectivity index (χ1) is 11.0. The van der Waals surface area contributed by atoms with Crippen LogP contribution in [0.5, 0.6) is 11.5 Å². The van der Waals surface area contributed by atoms with Crippen LogP contribution in [0.2, 0.25) is 0 Å². The van der Waals surface area contributed by atoms with Crippen molar-refractivity contribution in [1.82, 2.24) is 10.2 Å². The van der Waals surface area contributed by atoms with Crippen LogP contribution < -0.4 is 14.8 Å². The average Bonchev–Trinajstić information content (AvgIpc) is 2.55. The molecule has 0 saturated carbocycles. The zero-order chi connectivity index (χ0) is 16.8. The number of amides is 1. The summed E-state index contributed by atoms with van der Waals surface area (Å²) >= 11 is 0. The van der Waals surface area contributed by atoms with Gasteiger partial charge in [-0.15, -0.1) is 0 Å². The van der Waals surface area contributed by atoms with Gasteiger partial charge in [-0.25, -0.2) is 0 Å². The molecule has 5 heteroatoms. The number of carbonyl (C=O) groups excluding carboxylic acids is 1. The van der Waals surface area contributed by atoms with E-state index in [0.29, 0.717) is 0 Å². The molecule has 0 unspecified atom stereocenters. The van der Waals surface area contributed by atoms with E-state index in [1.165, 1.54) is 0 Å². The predicted molar refractivity (Wildman–Crippen MR) is 90.8 cm³/mol. The normalized spacial score (nSPS) is 18.7. The number of likely N-dealkylation sites (tertiary alicyclic amines) is 1. The maximum atomic E-state index is 11.9. The number of methoxy groups -OCH3 is 1. The number of piperidine rings is 1. The first-order valence-electron chi connectivity index (χ1n) is 8.31. The number of ether oxygens (including phenoxy) is 2. The van der Waals surface area contributed by atoms with Crippen molar-refractivity contribution in [2.45, 2.75) is 39.3 Å². The van der Waals surface area contributed by atoms with Gasteiger partial charge in [0.1, 0.15) is 11.5 Å². The maximum absolute atomic E-state index is 11.9. The van der Waals surface area contributed by atoms with Gasteiger partial charge in [0.25, 0.3) is 0 Å². The number of nitrogens with one attached hydrogen (secondary N) is 1. The second kappa shape index (κ2) is 8.20. The fourth-order valence-electron chi connectivity index (χ4n) is 3.01. The lowest BCUT2D eigenvalue weighted by Gasteiger charge is -2.32. The van der Waals surface area contributed by atoms with Gasteiger partial charge in [0.2, 0.25) is 5.91 Å². The van der Waals surface area contributed by atoms with Crippen molar-refractivity contribution in [3.63, 3.8) is 0 Å². The van der Waals surface area contributed by atoms with Crippen LogP contribution >= 0.6 is 0 Å². The van der Waals surface area contributed by atoms with Crippen LogP contribution in [-0.2, 0) is 11.3 Å². The van der Waals surface area contributed by atoms with Gasteiger partial charge >= 0.3 is 0 Å². The molecule has 1 amide bonds. The third-order valence-electron chi connectivity index (χ3n) is 4.15. The molecule has 1 aromatic carbocycles. The topological polar surface area (TPSA) is 50.8 Å². The van der Waals surface area contributed by atoms with Crippen molar-refractivity contribution < 1.29 is 14.3 Å². The summed E-state index contributed by atoms with van der Waals surface area (Å²) in [5.41, 5.74) is 1.14. The summed E-state index contributed by atoms with van der Waals surface area (Å²) in [7, 11) is 3.37. The van der Waals surface area contributed by atoms with Crippen LogP contribution in [0.25, 0.3) is 0 Å². The highest BCUT2D eigenvalue weighted by Gasteiger charge is 2.25. The van der Waals surface area contributed by atoms with Gasteiger partial charge in [0, 0.05) is 31.8 Å². The highest BCUT2D eigenvalue weighted by molar-refractivity contribution is 5.78. The minimum Gasteiger partial charge on any atom is -0.497 e. The molecule has 1 atom stereocenters. The first kappa shape index (κ1) is 17.6. The molecular weight excluding hydrogens is 292 g/mol.